The molecule has 154 valence electrons. The summed E-state index contributed by atoms with van der Waals surface area (Å²) in [5, 5.41) is 10.4. The van der Waals surface area contributed by atoms with Gasteiger partial charge in [0.2, 0.25) is 0 Å². The molecule has 0 saturated carbocycles. The van der Waals surface area contributed by atoms with Gasteiger partial charge in [-0.25, -0.2) is 4.98 Å². The number of pyridine rings is 1. The number of anilines is 1. The average molecular weight is 430 g/mol. The first-order valence-electron chi connectivity index (χ1n) is 10.2. The van der Waals surface area contributed by atoms with Crippen LogP contribution in [0, 0.1) is 0 Å². The minimum Gasteiger partial charge on any atom is -0.352 e. The van der Waals surface area contributed by atoms with Gasteiger partial charge in [-0.05, 0) is 30.3 Å². The van der Waals surface area contributed by atoms with Crippen molar-refractivity contribution in [1.29, 1.82) is 0 Å². The molecule has 1 aliphatic rings. The van der Waals surface area contributed by atoms with Gasteiger partial charge in [0, 0.05) is 37.1 Å². The number of fused-ring (bicyclic) bond motifs is 1. The van der Waals surface area contributed by atoms with E-state index in [0.717, 1.165) is 28.0 Å². The van der Waals surface area contributed by atoms with Gasteiger partial charge in [0.05, 0.1) is 16.2 Å². The third-order valence-electron chi connectivity index (χ3n) is 5.51. The molecule has 31 heavy (non-hydrogen) atoms. The minimum atomic E-state index is -0.0365. The van der Waals surface area contributed by atoms with E-state index in [2.05, 4.69) is 20.1 Å². The van der Waals surface area contributed by atoms with Crippen molar-refractivity contribution in [2.75, 3.05) is 31.1 Å². The number of rotatable bonds is 3. The Labute approximate surface area is 185 Å². The first kappa shape index (κ1) is 19.5. The second-order valence-corrected chi connectivity index (χ2v) is 7.83. The molecule has 1 amide bonds. The molecule has 5 rings (SSSR count). The molecule has 0 bridgehead atoms. The van der Waals surface area contributed by atoms with Crippen molar-refractivity contribution in [2.24, 2.45) is 0 Å². The van der Waals surface area contributed by atoms with Gasteiger partial charge in [0.1, 0.15) is 5.69 Å². The van der Waals surface area contributed by atoms with E-state index in [1.165, 1.54) is 0 Å². The van der Waals surface area contributed by atoms with Crippen molar-refractivity contribution in [3.63, 3.8) is 0 Å². The standard InChI is InChI=1S/C24H20ClN5O/c25-19-7-3-2-6-18(19)21-11-12-23(28-27-21)29-13-15-30(16-14-29)24(31)22-10-9-17-5-1-4-8-20(17)26-22/h1-12H,13-16H2. The van der Waals surface area contributed by atoms with E-state index in [1.807, 2.05) is 71.6 Å². The van der Waals surface area contributed by atoms with Gasteiger partial charge in [-0.2, -0.15) is 0 Å². The van der Waals surface area contributed by atoms with E-state index in [-0.39, 0.29) is 5.91 Å². The molecule has 2 aromatic carbocycles. The predicted octanol–water partition coefficient (Wildman–Crippen LogP) is 4.31. The lowest BCUT2D eigenvalue weighted by Crippen LogP contribution is -2.49. The molecule has 0 radical (unpaired) electrons. The van der Waals surface area contributed by atoms with E-state index < -0.39 is 0 Å². The third-order valence-corrected chi connectivity index (χ3v) is 5.84. The van der Waals surface area contributed by atoms with E-state index in [9.17, 15) is 4.79 Å². The number of aromatic nitrogens is 3. The monoisotopic (exact) mass is 429 g/mol. The third kappa shape index (κ3) is 3.94. The van der Waals surface area contributed by atoms with Crippen LogP contribution in [0.3, 0.4) is 0 Å². The molecule has 0 aliphatic carbocycles. The van der Waals surface area contributed by atoms with Crippen molar-refractivity contribution in [1.82, 2.24) is 20.1 Å². The second-order valence-electron chi connectivity index (χ2n) is 7.43. The maximum Gasteiger partial charge on any atom is 0.272 e. The van der Waals surface area contributed by atoms with Crippen molar-refractivity contribution < 1.29 is 4.79 Å². The van der Waals surface area contributed by atoms with Gasteiger partial charge in [0.15, 0.2) is 5.82 Å². The minimum absolute atomic E-state index is 0.0365. The van der Waals surface area contributed by atoms with Crippen molar-refractivity contribution in [2.45, 2.75) is 0 Å². The number of benzene rings is 2. The Hall–Kier alpha value is -3.51. The predicted molar refractivity (Wildman–Crippen MR) is 122 cm³/mol. The van der Waals surface area contributed by atoms with E-state index >= 15 is 0 Å². The Morgan fingerprint density at radius 1 is 0.806 bits per heavy atom. The number of carbonyl (C=O) groups is 1. The summed E-state index contributed by atoms with van der Waals surface area (Å²) in [7, 11) is 0. The van der Waals surface area contributed by atoms with E-state index in [4.69, 9.17) is 11.6 Å². The maximum atomic E-state index is 12.9. The number of carbonyl (C=O) groups excluding carboxylic acids is 1. The Morgan fingerprint density at radius 2 is 1.58 bits per heavy atom. The Bertz CT molecular complexity index is 1240. The highest BCUT2D eigenvalue weighted by Crippen LogP contribution is 2.26. The largest absolute Gasteiger partial charge is 0.352 e. The van der Waals surface area contributed by atoms with Crippen molar-refractivity contribution >= 4 is 34.2 Å². The van der Waals surface area contributed by atoms with Crippen molar-refractivity contribution in [3.8, 4) is 11.3 Å². The van der Waals surface area contributed by atoms with Crippen LogP contribution in [0.25, 0.3) is 22.2 Å². The number of para-hydroxylation sites is 1. The molecule has 1 aliphatic heterocycles. The van der Waals surface area contributed by atoms with Crippen LogP contribution in [0.4, 0.5) is 5.82 Å². The number of amides is 1. The zero-order chi connectivity index (χ0) is 21.2. The molecule has 0 unspecified atom stereocenters. The quantitative estimate of drug-likeness (QED) is 0.485. The van der Waals surface area contributed by atoms with Gasteiger partial charge in [-0.15, -0.1) is 10.2 Å². The van der Waals surface area contributed by atoms with Gasteiger partial charge >= 0.3 is 0 Å². The fraction of sp³-hybridized carbons (Fsp3) is 0.167. The molecule has 4 aromatic rings. The van der Waals surface area contributed by atoms with Crippen LogP contribution in [0.1, 0.15) is 10.5 Å². The molecular weight excluding hydrogens is 410 g/mol. The molecule has 6 nitrogen and oxygen atoms in total. The zero-order valence-electron chi connectivity index (χ0n) is 16.8. The van der Waals surface area contributed by atoms with Crippen LogP contribution in [-0.2, 0) is 0 Å². The van der Waals surface area contributed by atoms with Crippen LogP contribution < -0.4 is 4.90 Å². The summed E-state index contributed by atoms with van der Waals surface area (Å²) >= 11 is 6.25. The van der Waals surface area contributed by atoms with Gasteiger partial charge < -0.3 is 9.80 Å². The second kappa shape index (κ2) is 8.32. The summed E-state index contributed by atoms with van der Waals surface area (Å²) in [6.45, 7) is 2.61. The topological polar surface area (TPSA) is 62.2 Å². The number of halogens is 1. The van der Waals surface area contributed by atoms with E-state index in [0.29, 0.717) is 36.9 Å². The molecular formula is C24H20ClN5O. The molecule has 0 atom stereocenters. The van der Waals surface area contributed by atoms with Crippen LogP contribution >= 0.6 is 11.6 Å². The molecule has 3 heterocycles. The number of hydrogen-bond donors (Lipinski definition) is 0. The molecule has 1 fully saturated rings. The number of hydrogen-bond acceptors (Lipinski definition) is 5. The maximum absolute atomic E-state index is 12.9. The lowest BCUT2D eigenvalue weighted by Gasteiger charge is -2.35. The SMILES string of the molecule is O=C(c1ccc2ccccc2n1)N1CCN(c2ccc(-c3ccccc3Cl)nn2)CC1. The molecule has 1 saturated heterocycles. The first-order valence-corrected chi connectivity index (χ1v) is 10.6. The highest BCUT2D eigenvalue weighted by atomic mass is 35.5. The van der Waals surface area contributed by atoms with Crippen LogP contribution in [0.5, 0.6) is 0 Å². The number of piperazine rings is 1. The fourth-order valence-corrected chi connectivity index (χ4v) is 4.02. The highest BCUT2D eigenvalue weighted by Gasteiger charge is 2.24. The summed E-state index contributed by atoms with van der Waals surface area (Å²) < 4.78 is 0. The van der Waals surface area contributed by atoms with E-state index in [1.54, 1.807) is 6.07 Å². The average Bonchev–Trinajstić information content (AvgIpc) is 2.84. The normalized spacial score (nSPS) is 14.1. The fourth-order valence-electron chi connectivity index (χ4n) is 3.79. The van der Waals surface area contributed by atoms with Gasteiger partial charge in [0.25, 0.3) is 5.91 Å². The summed E-state index contributed by atoms with van der Waals surface area (Å²) in [4.78, 5) is 21.4. The number of nitrogens with zero attached hydrogens (tertiary/aromatic N) is 5. The Kier molecular flexibility index (Phi) is 5.22. The summed E-state index contributed by atoms with van der Waals surface area (Å²) in [5.41, 5.74) is 2.92. The van der Waals surface area contributed by atoms with Gasteiger partial charge in [-0.3, -0.25) is 4.79 Å². The Balaban J connectivity index is 1.25. The molecule has 7 heteroatoms. The van der Waals surface area contributed by atoms with Crippen LogP contribution in [-0.4, -0.2) is 52.2 Å². The highest BCUT2D eigenvalue weighted by molar-refractivity contribution is 6.33. The molecule has 0 spiro atoms. The molecule has 0 N–H and O–H groups in total. The van der Waals surface area contributed by atoms with Crippen molar-refractivity contribution in [3.05, 3.63) is 83.5 Å². The van der Waals surface area contributed by atoms with Crippen LogP contribution in [0.15, 0.2) is 72.8 Å². The smallest absolute Gasteiger partial charge is 0.272 e. The summed E-state index contributed by atoms with van der Waals surface area (Å²) in [6.07, 6.45) is 0. The lowest BCUT2D eigenvalue weighted by atomic mass is 10.1. The molecule has 2 aromatic heterocycles. The first-order chi connectivity index (χ1) is 15.2. The lowest BCUT2D eigenvalue weighted by molar-refractivity contribution is 0.0741. The zero-order valence-corrected chi connectivity index (χ0v) is 17.5. The van der Waals surface area contributed by atoms with Crippen LogP contribution in [0.2, 0.25) is 5.02 Å². The van der Waals surface area contributed by atoms with Gasteiger partial charge in [-0.1, -0.05) is 54.1 Å². The Morgan fingerprint density at radius 3 is 2.35 bits per heavy atom. The summed E-state index contributed by atoms with van der Waals surface area (Å²) in [6, 6.07) is 23.0. The summed E-state index contributed by atoms with van der Waals surface area (Å²) in [5.74, 6) is 0.761.